The van der Waals surface area contributed by atoms with E-state index in [1.165, 1.54) is 7.05 Å². The molecule has 0 spiro atoms. The third-order valence-corrected chi connectivity index (χ3v) is 4.25. The summed E-state index contributed by atoms with van der Waals surface area (Å²) in [7, 11) is 1.48. The molecule has 1 amide bonds. The Hall–Kier alpha value is -1.86. The van der Waals surface area contributed by atoms with Crippen LogP contribution in [-0.4, -0.2) is 22.3 Å². The van der Waals surface area contributed by atoms with Gasteiger partial charge in [0.05, 0.1) is 0 Å². The molecule has 2 aromatic heterocycles. The molecule has 3 rings (SSSR count). The molecular weight excluding hydrogens is 312 g/mol. The van der Waals surface area contributed by atoms with Gasteiger partial charge in [-0.05, 0) is 48.0 Å². The number of aromatic amines is 1. The van der Waals surface area contributed by atoms with Gasteiger partial charge in [0, 0.05) is 7.05 Å². The van der Waals surface area contributed by atoms with Crippen molar-refractivity contribution in [3.05, 3.63) is 38.8 Å². The Kier molecular flexibility index (Phi) is 3.69. The van der Waals surface area contributed by atoms with E-state index in [9.17, 15) is 9.59 Å². The van der Waals surface area contributed by atoms with Gasteiger partial charge in [-0.1, -0.05) is 11.6 Å². The maximum Gasteiger partial charge on any atom is 0.273 e. The van der Waals surface area contributed by atoms with Crippen LogP contribution in [0.4, 0.5) is 10.8 Å². The van der Waals surface area contributed by atoms with Crippen LogP contribution in [0.3, 0.4) is 0 Å². The first-order valence-corrected chi connectivity index (χ1v) is 7.66. The number of H-pyrrole nitrogens is 1. The van der Waals surface area contributed by atoms with Gasteiger partial charge in [0.1, 0.15) is 21.5 Å². The van der Waals surface area contributed by atoms with Crippen molar-refractivity contribution >= 4 is 39.9 Å². The normalized spacial score (nSPS) is 14.0. The Bertz CT molecular complexity index is 751. The highest BCUT2D eigenvalue weighted by Gasteiger charge is 2.25. The molecule has 0 aromatic carbocycles. The zero-order valence-corrected chi connectivity index (χ0v) is 12.8. The van der Waals surface area contributed by atoms with Gasteiger partial charge >= 0.3 is 0 Å². The van der Waals surface area contributed by atoms with E-state index in [0.717, 1.165) is 29.9 Å². The Morgan fingerprint density at radius 3 is 2.90 bits per heavy atom. The van der Waals surface area contributed by atoms with Gasteiger partial charge in [0.2, 0.25) is 0 Å². The van der Waals surface area contributed by atoms with Crippen molar-refractivity contribution in [1.29, 1.82) is 0 Å². The van der Waals surface area contributed by atoms with Crippen LogP contribution in [0.1, 0.15) is 34.7 Å². The molecule has 0 saturated heterocycles. The summed E-state index contributed by atoms with van der Waals surface area (Å²) in [5.74, 6) is 0.628. The lowest BCUT2D eigenvalue weighted by Crippen LogP contribution is -2.24. The van der Waals surface area contributed by atoms with Crippen LogP contribution in [-0.2, 0) is 0 Å². The molecule has 2 heterocycles. The van der Waals surface area contributed by atoms with Crippen LogP contribution >= 0.6 is 23.1 Å². The summed E-state index contributed by atoms with van der Waals surface area (Å²) in [6.07, 6.45) is 2.31. The van der Waals surface area contributed by atoms with Crippen LogP contribution in [0.5, 0.6) is 0 Å². The number of halogens is 1. The molecule has 0 atom stereocenters. The minimum Gasteiger partial charge on any atom is -0.355 e. The summed E-state index contributed by atoms with van der Waals surface area (Å²) in [5.41, 5.74) is 0.755. The molecule has 0 radical (unpaired) electrons. The zero-order valence-electron chi connectivity index (χ0n) is 11.2. The van der Waals surface area contributed by atoms with Crippen molar-refractivity contribution in [2.45, 2.75) is 18.8 Å². The Balaban J connectivity index is 1.94. The molecule has 21 heavy (non-hydrogen) atoms. The van der Waals surface area contributed by atoms with Gasteiger partial charge in [-0.15, -0.1) is 0 Å². The Morgan fingerprint density at radius 1 is 1.48 bits per heavy atom. The fraction of sp³-hybridized carbons (Fsp3) is 0.308. The lowest BCUT2D eigenvalue weighted by molar-refractivity contribution is 0.0963. The highest BCUT2D eigenvalue weighted by molar-refractivity contribution is 7.10. The van der Waals surface area contributed by atoms with Gasteiger partial charge in [-0.2, -0.15) is 0 Å². The number of nitrogens with one attached hydrogen (secondary N) is 3. The number of carbonyl (C=O) groups is 1. The molecule has 3 N–H and O–H groups in total. The fourth-order valence-corrected chi connectivity index (χ4v) is 3.03. The van der Waals surface area contributed by atoms with E-state index < -0.39 is 11.5 Å². The van der Waals surface area contributed by atoms with E-state index in [4.69, 9.17) is 11.6 Å². The minimum atomic E-state index is -0.440. The van der Waals surface area contributed by atoms with Gasteiger partial charge in [-0.25, -0.2) is 4.98 Å². The second-order valence-corrected chi connectivity index (χ2v) is 6.03. The lowest BCUT2D eigenvalue weighted by atomic mass is 10.2. The monoisotopic (exact) mass is 324 g/mol. The summed E-state index contributed by atoms with van der Waals surface area (Å²) in [6.45, 7) is 0. The smallest absolute Gasteiger partial charge is 0.273 e. The largest absolute Gasteiger partial charge is 0.355 e. The molecule has 0 unspecified atom stereocenters. The van der Waals surface area contributed by atoms with E-state index in [0.29, 0.717) is 21.9 Å². The van der Waals surface area contributed by atoms with Crippen LogP contribution in [0.2, 0.25) is 5.15 Å². The molecule has 2 aromatic rings. The van der Waals surface area contributed by atoms with E-state index in [1.54, 1.807) is 0 Å². The number of hydrogen-bond acceptors (Lipinski definition) is 5. The number of rotatable bonds is 4. The van der Waals surface area contributed by atoms with Crippen LogP contribution in [0.25, 0.3) is 0 Å². The second kappa shape index (κ2) is 5.50. The summed E-state index contributed by atoms with van der Waals surface area (Å²) in [6, 6.07) is 3.75. The quantitative estimate of drug-likeness (QED) is 0.754. The van der Waals surface area contributed by atoms with Crippen LogP contribution < -0.4 is 16.2 Å². The van der Waals surface area contributed by atoms with Crippen LogP contribution in [0, 0.1) is 0 Å². The number of anilines is 2. The molecule has 1 fully saturated rings. The maximum atomic E-state index is 11.7. The van der Waals surface area contributed by atoms with E-state index >= 15 is 0 Å². The van der Waals surface area contributed by atoms with Crippen molar-refractivity contribution in [1.82, 2.24) is 14.7 Å². The maximum absolute atomic E-state index is 11.7. The average Bonchev–Trinajstić information content (AvgIpc) is 3.23. The standard InChI is InChI=1S/C13H13ClN4O2S/c1-15-11(19)10-12(20)18-21-13(10)17-9-5-7(6-2-3-6)4-8(14)16-9/h4-6H,2-3H2,1H3,(H,15,19)(H,16,17)(H,18,20). The van der Waals surface area contributed by atoms with E-state index in [2.05, 4.69) is 20.0 Å². The summed E-state index contributed by atoms with van der Waals surface area (Å²) >= 11 is 7.08. The molecule has 110 valence electrons. The molecule has 8 heteroatoms. The number of hydrogen-bond donors (Lipinski definition) is 3. The molecule has 1 saturated carbocycles. The van der Waals surface area contributed by atoms with Crippen molar-refractivity contribution in [3.8, 4) is 0 Å². The zero-order chi connectivity index (χ0) is 15.0. The molecule has 0 aliphatic heterocycles. The minimum absolute atomic E-state index is 0.0530. The summed E-state index contributed by atoms with van der Waals surface area (Å²) in [5, 5.41) is 6.27. The van der Waals surface area contributed by atoms with Crippen molar-refractivity contribution < 1.29 is 4.79 Å². The topological polar surface area (TPSA) is 86.9 Å². The summed E-state index contributed by atoms with van der Waals surface area (Å²) in [4.78, 5) is 27.6. The first-order valence-electron chi connectivity index (χ1n) is 6.46. The van der Waals surface area contributed by atoms with Crippen molar-refractivity contribution in [2.24, 2.45) is 0 Å². The Morgan fingerprint density at radius 2 is 2.24 bits per heavy atom. The Labute approximate surface area is 129 Å². The SMILES string of the molecule is CNC(=O)c1c(Nc2cc(C3CC3)cc(Cl)n2)s[nH]c1=O. The predicted molar refractivity (Wildman–Crippen MR) is 82.8 cm³/mol. The highest BCUT2D eigenvalue weighted by atomic mass is 35.5. The first-order chi connectivity index (χ1) is 10.1. The van der Waals surface area contributed by atoms with E-state index in [1.807, 2.05) is 12.1 Å². The lowest BCUT2D eigenvalue weighted by Gasteiger charge is -2.07. The number of carbonyl (C=O) groups excluding carboxylic acids is 1. The predicted octanol–water partition coefficient (Wildman–Crippen LogP) is 2.47. The highest BCUT2D eigenvalue weighted by Crippen LogP contribution is 2.41. The number of aromatic nitrogens is 2. The van der Waals surface area contributed by atoms with E-state index in [-0.39, 0.29) is 5.56 Å². The average molecular weight is 325 g/mol. The second-order valence-electron chi connectivity index (χ2n) is 4.82. The first kappa shape index (κ1) is 14.1. The third-order valence-electron chi connectivity index (χ3n) is 3.26. The van der Waals surface area contributed by atoms with Gasteiger partial charge in [0.25, 0.3) is 11.5 Å². The fourth-order valence-electron chi connectivity index (χ4n) is 2.07. The number of amides is 1. The van der Waals surface area contributed by atoms with Crippen molar-refractivity contribution in [2.75, 3.05) is 12.4 Å². The molecule has 6 nitrogen and oxygen atoms in total. The van der Waals surface area contributed by atoms with Gasteiger partial charge in [-0.3, -0.25) is 14.0 Å². The summed E-state index contributed by atoms with van der Waals surface area (Å²) < 4.78 is 2.54. The molecule has 1 aliphatic carbocycles. The van der Waals surface area contributed by atoms with Crippen molar-refractivity contribution in [3.63, 3.8) is 0 Å². The number of nitrogens with zero attached hydrogens (tertiary/aromatic N) is 1. The van der Waals surface area contributed by atoms with Gasteiger partial charge < -0.3 is 10.6 Å². The number of pyridine rings is 1. The van der Waals surface area contributed by atoms with Gasteiger partial charge in [0.15, 0.2) is 0 Å². The third kappa shape index (κ3) is 2.93. The molecule has 1 aliphatic rings. The molecular formula is C13H13ClN4O2S. The van der Waals surface area contributed by atoms with Crippen LogP contribution in [0.15, 0.2) is 16.9 Å². The molecule has 0 bridgehead atoms.